The smallest absolute Gasteiger partial charge is 0.351 e. The number of rotatable bonds is 4. The average molecular weight is 355 g/mol. The highest BCUT2D eigenvalue weighted by Crippen LogP contribution is 2.39. The van der Waals surface area contributed by atoms with Crippen molar-refractivity contribution in [1.29, 1.82) is 0 Å². The quantitative estimate of drug-likeness (QED) is 0.663. The van der Waals surface area contributed by atoms with Crippen LogP contribution in [0.5, 0.6) is 0 Å². The molecule has 0 unspecified atom stereocenters. The third-order valence-electron chi connectivity index (χ3n) is 4.85. The van der Waals surface area contributed by atoms with Crippen LogP contribution in [0, 0.1) is 0 Å². The largest absolute Gasteiger partial charge is 0.414 e. The van der Waals surface area contributed by atoms with Gasteiger partial charge in [-0.3, -0.25) is 4.57 Å². The Balaban J connectivity index is 2.13. The molecule has 0 bridgehead atoms. The van der Waals surface area contributed by atoms with Crippen LogP contribution in [0.2, 0.25) is 18.1 Å². The Morgan fingerprint density at radius 1 is 1.50 bits per heavy atom. The van der Waals surface area contributed by atoms with E-state index < -0.39 is 32.5 Å². The summed E-state index contributed by atoms with van der Waals surface area (Å²) in [5.74, 6) is 0.0845. The van der Waals surface area contributed by atoms with Gasteiger partial charge in [-0.2, -0.15) is 4.98 Å². The topological polar surface area (TPSA) is 79.4 Å². The molecule has 6 nitrogen and oxygen atoms in total. The lowest BCUT2D eigenvalue weighted by Gasteiger charge is -2.36. The van der Waals surface area contributed by atoms with E-state index in [0.29, 0.717) is 0 Å². The summed E-state index contributed by atoms with van der Waals surface area (Å²) in [6, 6.07) is 1.43. The lowest BCUT2D eigenvalue weighted by molar-refractivity contribution is -0.0356. The molecule has 1 saturated heterocycles. The van der Waals surface area contributed by atoms with Gasteiger partial charge in [-0.1, -0.05) is 27.4 Å². The molecule has 1 aliphatic heterocycles. The summed E-state index contributed by atoms with van der Waals surface area (Å²) in [5, 5.41) is 0.0409. The van der Waals surface area contributed by atoms with Crippen LogP contribution in [0.3, 0.4) is 0 Å². The van der Waals surface area contributed by atoms with Crippen LogP contribution in [0.25, 0.3) is 0 Å². The maximum atomic E-state index is 14.6. The second kappa shape index (κ2) is 6.42. The van der Waals surface area contributed by atoms with Crippen LogP contribution in [-0.2, 0) is 9.16 Å². The lowest BCUT2D eigenvalue weighted by Crippen LogP contribution is -2.42. The molecule has 1 aromatic rings. The van der Waals surface area contributed by atoms with Gasteiger partial charge in [0.1, 0.15) is 11.9 Å². The predicted molar refractivity (Wildman–Crippen MR) is 94.0 cm³/mol. The van der Waals surface area contributed by atoms with Crippen molar-refractivity contribution in [2.24, 2.45) is 0 Å². The number of nitrogens with two attached hydrogens (primary N) is 1. The standard InChI is InChI=1S/C16H26FN3O3Si/c1-10-11(9-22-24(5,6)16(2,3)4)23-14(13(10)17)20-8-7-12(18)19-15(20)21/h7-8,11,13-14H,1,9H2,2-6H3,(H2,18,19,21)/t11-,13+,14-/m0/s1. The van der Waals surface area contributed by atoms with Crippen LogP contribution in [0.1, 0.15) is 27.0 Å². The van der Waals surface area contributed by atoms with E-state index in [0.717, 1.165) is 4.57 Å². The number of hydrogen-bond acceptors (Lipinski definition) is 5. The molecule has 3 atom stereocenters. The van der Waals surface area contributed by atoms with Crippen molar-refractivity contribution in [3.05, 3.63) is 34.9 Å². The normalized spacial score (nSPS) is 25.2. The van der Waals surface area contributed by atoms with Gasteiger partial charge < -0.3 is 14.9 Å². The molecule has 0 saturated carbocycles. The zero-order chi connectivity index (χ0) is 18.3. The van der Waals surface area contributed by atoms with E-state index in [2.05, 4.69) is 45.4 Å². The Morgan fingerprint density at radius 2 is 2.12 bits per heavy atom. The van der Waals surface area contributed by atoms with Gasteiger partial charge in [0.15, 0.2) is 20.7 Å². The monoisotopic (exact) mass is 355 g/mol. The zero-order valence-electron chi connectivity index (χ0n) is 14.9. The first kappa shape index (κ1) is 18.8. The Labute approximate surface area is 142 Å². The van der Waals surface area contributed by atoms with Crippen molar-refractivity contribution < 1.29 is 13.6 Å². The summed E-state index contributed by atoms with van der Waals surface area (Å²) in [5.41, 5.74) is 5.09. The first-order chi connectivity index (χ1) is 10.9. The van der Waals surface area contributed by atoms with E-state index >= 15 is 0 Å². The number of alkyl halides is 1. The van der Waals surface area contributed by atoms with Gasteiger partial charge in [0.25, 0.3) is 0 Å². The van der Waals surface area contributed by atoms with Crippen molar-refractivity contribution in [3.8, 4) is 0 Å². The van der Waals surface area contributed by atoms with E-state index in [4.69, 9.17) is 14.9 Å². The van der Waals surface area contributed by atoms with Crippen LogP contribution in [0.4, 0.5) is 10.2 Å². The second-order valence-corrected chi connectivity index (χ2v) is 12.4. The van der Waals surface area contributed by atoms with Crippen molar-refractivity contribution in [2.45, 2.75) is 57.4 Å². The van der Waals surface area contributed by atoms with Gasteiger partial charge in [0.2, 0.25) is 0 Å². The van der Waals surface area contributed by atoms with Crippen molar-refractivity contribution in [3.63, 3.8) is 0 Å². The lowest BCUT2D eigenvalue weighted by atomic mass is 10.1. The molecule has 0 spiro atoms. The van der Waals surface area contributed by atoms with Crippen LogP contribution in [0.15, 0.2) is 29.2 Å². The van der Waals surface area contributed by atoms with E-state index in [1.807, 2.05) is 0 Å². The highest BCUT2D eigenvalue weighted by molar-refractivity contribution is 6.74. The number of anilines is 1. The van der Waals surface area contributed by atoms with Gasteiger partial charge >= 0.3 is 5.69 Å². The number of halogens is 1. The third kappa shape index (κ3) is 3.60. The fourth-order valence-electron chi connectivity index (χ4n) is 2.16. The summed E-state index contributed by atoms with van der Waals surface area (Å²) in [6.07, 6.45) is -1.80. The molecular weight excluding hydrogens is 329 g/mol. The molecule has 1 aromatic heterocycles. The summed E-state index contributed by atoms with van der Waals surface area (Å²) in [4.78, 5) is 15.5. The Bertz CT molecular complexity index is 684. The Morgan fingerprint density at radius 3 is 2.67 bits per heavy atom. The number of nitrogens with zero attached hydrogens (tertiary/aromatic N) is 2. The molecule has 2 N–H and O–H groups in total. The minimum atomic E-state index is -1.98. The molecule has 24 heavy (non-hydrogen) atoms. The summed E-state index contributed by atoms with van der Waals surface area (Å²) < 4.78 is 27.5. The number of ether oxygens (including phenoxy) is 1. The van der Waals surface area contributed by atoms with Gasteiger partial charge in [0, 0.05) is 6.20 Å². The Hall–Kier alpha value is -1.51. The summed E-state index contributed by atoms with van der Waals surface area (Å²) in [6.45, 7) is 14.6. The maximum absolute atomic E-state index is 14.6. The molecule has 134 valence electrons. The fraction of sp³-hybridized carbons (Fsp3) is 0.625. The van der Waals surface area contributed by atoms with Gasteiger partial charge in [0.05, 0.1) is 6.61 Å². The van der Waals surface area contributed by atoms with E-state index in [1.54, 1.807) is 0 Å². The molecule has 8 heteroatoms. The summed E-state index contributed by atoms with van der Waals surface area (Å²) in [7, 11) is -1.98. The molecule has 0 aromatic carbocycles. The van der Waals surface area contributed by atoms with E-state index in [9.17, 15) is 9.18 Å². The SMILES string of the molecule is C=C1[C@H](CO[Si](C)(C)C(C)(C)C)O[C@H](n2ccc(N)nc2=O)[C@@H]1F. The molecule has 1 fully saturated rings. The fourth-order valence-corrected chi connectivity index (χ4v) is 3.16. The molecule has 2 rings (SSSR count). The van der Waals surface area contributed by atoms with E-state index in [-0.39, 0.29) is 23.0 Å². The van der Waals surface area contributed by atoms with Gasteiger partial charge in [-0.15, -0.1) is 0 Å². The maximum Gasteiger partial charge on any atom is 0.351 e. The molecule has 0 amide bonds. The molecule has 0 radical (unpaired) electrons. The second-order valence-electron chi connectivity index (χ2n) is 7.61. The van der Waals surface area contributed by atoms with Crippen molar-refractivity contribution in [2.75, 3.05) is 12.3 Å². The number of nitrogen functional groups attached to an aromatic ring is 1. The third-order valence-corrected chi connectivity index (χ3v) is 9.35. The minimum absolute atomic E-state index is 0.0409. The highest BCUT2D eigenvalue weighted by atomic mass is 28.4. The predicted octanol–water partition coefficient (Wildman–Crippen LogP) is 2.64. The highest BCUT2D eigenvalue weighted by Gasteiger charge is 2.43. The Kier molecular flexibility index (Phi) is 5.03. The van der Waals surface area contributed by atoms with Crippen LogP contribution < -0.4 is 11.4 Å². The number of hydrogen-bond donors (Lipinski definition) is 1. The minimum Gasteiger partial charge on any atom is -0.414 e. The first-order valence-corrected chi connectivity index (χ1v) is 10.8. The first-order valence-electron chi connectivity index (χ1n) is 7.91. The zero-order valence-corrected chi connectivity index (χ0v) is 15.9. The van der Waals surface area contributed by atoms with Crippen molar-refractivity contribution in [1.82, 2.24) is 9.55 Å². The molecule has 1 aliphatic rings. The summed E-state index contributed by atoms with van der Waals surface area (Å²) >= 11 is 0. The van der Waals surface area contributed by atoms with Crippen molar-refractivity contribution >= 4 is 14.1 Å². The number of aromatic nitrogens is 2. The molecule has 0 aliphatic carbocycles. The molecular formula is C16H26FN3O3Si. The van der Waals surface area contributed by atoms with Crippen LogP contribution in [-0.4, -0.2) is 36.8 Å². The van der Waals surface area contributed by atoms with Crippen LogP contribution >= 0.6 is 0 Å². The van der Waals surface area contributed by atoms with Gasteiger partial charge in [-0.05, 0) is 29.8 Å². The average Bonchev–Trinajstić information content (AvgIpc) is 2.72. The van der Waals surface area contributed by atoms with E-state index in [1.165, 1.54) is 12.3 Å². The van der Waals surface area contributed by atoms with Gasteiger partial charge in [-0.25, -0.2) is 9.18 Å². The molecule has 2 heterocycles.